The second-order valence-corrected chi connectivity index (χ2v) is 5.62. The van der Waals surface area contributed by atoms with Crippen molar-refractivity contribution in [1.82, 2.24) is 20.1 Å². The quantitative estimate of drug-likeness (QED) is 0.752. The molecule has 0 saturated carbocycles. The van der Waals surface area contributed by atoms with E-state index in [4.69, 9.17) is 0 Å². The van der Waals surface area contributed by atoms with Crippen LogP contribution in [0.3, 0.4) is 0 Å². The van der Waals surface area contributed by atoms with Gasteiger partial charge in [-0.05, 0) is 34.1 Å². The Morgan fingerprint density at radius 2 is 2.17 bits per heavy atom. The van der Waals surface area contributed by atoms with E-state index in [1.54, 1.807) is 31.3 Å². The minimum atomic E-state index is -0.486. The van der Waals surface area contributed by atoms with E-state index in [0.29, 0.717) is 21.5 Å². The number of hydrogen-bond acceptors (Lipinski definition) is 5. The van der Waals surface area contributed by atoms with Gasteiger partial charge in [0.05, 0.1) is 11.0 Å². The summed E-state index contributed by atoms with van der Waals surface area (Å²) < 4.78 is 20.3. The molecule has 0 atom stereocenters. The summed E-state index contributed by atoms with van der Waals surface area (Å²) in [5, 5.41) is 13.9. The van der Waals surface area contributed by atoms with Crippen molar-refractivity contribution in [2.24, 2.45) is 0 Å². The molecule has 1 amide bonds. The second kappa shape index (κ2) is 6.29. The summed E-state index contributed by atoms with van der Waals surface area (Å²) in [7, 11) is 0. The van der Waals surface area contributed by atoms with Gasteiger partial charge >= 0.3 is 0 Å². The van der Waals surface area contributed by atoms with E-state index in [9.17, 15) is 9.18 Å². The second-order valence-electron chi connectivity index (χ2n) is 4.77. The summed E-state index contributed by atoms with van der Waals surface area (Å²) >= 11 is 3.31. The number of rotatable bonds is 4. The molecule has 0 aliphatic carbocycles. The Morgan fingerprint density at radius 3 is 2.87 bits per heavy atom. The number of halogens is 2. The van der Waals surface area contributed by atoms with Gasteiger partial charge in [-0.1, -0.05) is 23.4 Å². The lowest BCUT2D eigenvalue weighted by Gasteiger charge is -2.03. The number of hydrogen-bond donors (Lipinski definition) is 1. The topological polar surface area (TPSA) is 85.8 Å². The van der Waals surface area contributed by atoms with Crippen molar-refractivity contribution in [1.29, 1.82) is 0 Å². The minimum Gasteiger partial charge on any atom is -0.303 e. The molecule has 0 aliphatic rings. The number of nitrogens with one attached hydrogen (secondary N) is 1. The zero-order valence-electron chi connectivity index (χ0n) is 12.0. The third kappa shape index (κ3) is 3.29. The number of carbonyl (C=O) groups excluding carboxylic acids is 1. The first kappa shape index (κ1) is 15.3. The predicted octanol–water partition coefficient (Wildman–Crippen LogP) is 2.78. The lowest BCUT2D eigenvalue weighted by molar-refractivity contribution is 0.101. The van der Waals surface area contributed by atoms with Crippen LogP contribution in [0.4, 0.5) is 10.2 Å². The molecule has 0 bridgehead atoms. The number of aromatic nitrogens is 4. The van der Waals surface area contributed by atoms with Crippen molar-refractivity contribution < 1.29 is 13.8 Å². The van der Waals surface area contributed by atoms with E-state index in [-0.39, 0.29) is 18.1 Å². The normalized spacial score (nSPS) is 10.7. The van der Waals surface area contributed by atoms with Crippen LogP contribution in [0.15, 0.2) is 39.6 Å². The molecule has 0 fully saturated rings. The fourth-order valence-electron chi connectivity index (χ4n) is 1.97. The fraction of sp³-hybridized carbons (Fsp3) is 0.143. The average molecular weight is 380 g/mol. The van der Waals surface area contributed by atoms with E-state index in [2.05, 4.69) is 41.3 Å². The summed E-state index contributed by atoms with van der Waals surface area (Å²) in [6.07, 6.45) is 1.65. The Labute approximate surface area is 138 Å². The first-order chi connectivity index (χ1) is 11.0. The predicted molar refractivity (Wildman–Crippen MR) is 82.4 cm³/mol. The zero-order valence-corrected chi connectivity index (χ0v) is 13.5. The number of anilines is 1. The summed E-state index contributed by atoms with van der Waals surface area (Å²) in [4.78, 5) is 12.1. The van der Waals surface area contributed by atoms with E-state index in [0.717, 1.165) is 0 Å². The van der Waals surface area contributed by atoms with Crippen LogP contribution in [0.2, 0.25) is 0 Å². The highest BCUT2D eigenvalue weighted by Crippen LogP contribution is 2.22. The first-order valence-electron chi connectivity index (χ1n) is 6.61. The maximum Gasteiger partial charge on any atom is 0.281 e. The lowest BCUT2D eigenvalue weighted by Crippen LogP contribution is -2.14. The Bertz CT molecular complexity index is 860. The maximum atomic E-state index is 13.7. The summed E-state index contributed by atoms with van der Waals surface area (Å²) in [5.74, 6) is -0.497. The van der Waals surface area contributed by atoms with Crippen LogP contribution in [-0.2, 0) is 6.54 Å². The lowest BCUT2D eigenvalue weighted by atomic mass is 10.2. The molecule has 0 spiro atoms. The van der Waals surface area contributed by atoms with E-state index in [1.165, 1.54) is 10.7 Å². The van der Waals surface area contributed by atoms with Crippen LogP contribution in [0, 0.1) is 12.7 Å². The van der Waals surface area contributed by atoms with Gasteiger partial charge in [0.25, 0.3) is 5.91 Å². The van der Waals surface area contributed by atoms with Crippen molar-refractivity contribution in [2.75, 3.05) is 5.32 Å². The van der Waals surface area contributed by atoms with Crippen LogP contribution >= 0.6 is 15.9 Å². The number of carbonyl (C=O) groups is 1. The molecule has 0 radical (unpaired) electrons. The highest BCUT2D eigenvalue weighted by Gasteiger charge is 2.18. The first-order valence-corrected chi connectivity index (χ1v) is 7.41. The molecule has 3 aromatic rings. The third-order valence-corrected chi connectivity index (χ3v) is 3.69. The Kier molecular flexibility index (Phi) is 4.20. The van der Waals surface area contributed by atoms with E-state index < -0.39 is 5.91 Å². The molecule has 2 aromatic heterocycles. The van der Waals surface area contributed by atoms with Gasteiger partial charge in [0, 0.05) is 11.8 Å². The van der Waals surface area contributed by atoms with Gasteiger partial charge in [-0.2, -0.15) is 5.10 Å². The fourth-order valence-corrected chi connectivity index (χ4v) is 2.38. The average Bonchev–Trinajstić information content (AvgIpc) is 3.08. The van der Waals surface area contributed by atoms with E-state index in [1.807, 2.05) is 0 Å². The van der Waals surface area contributed by atoms with Crippen molar-refractivity contribution in [3.8, 4) is 0 Å². The molecule has 23 heavy (non-hydrogen) atoms. The van der Waals surface area contributed by atoms with Gasteiger partial charge in [-0.25, -0.2) is 9.02 Å². The van der Waals surface area contributed by atoms with Gasteiger partial charge < -0.3 is 5.32 Å². The number of amides is 1. The van der Waals surface area contributed by atoms with Crippen molar-refractivity contribution >= 4 is 27.7 Å². The monoisotopic (exact) mass is 379 g/mol. The number of nitrogens with zero attached hydrogens (tertiary/aromatic N) is 4. The molecule has 1 aromatic carbocycles. The van der Waals surface area contributed by atoms with Crippen molar-refractivity contribution in [3.05, 3.63) is 57.7 Å². The molecule has 2 heterocycles. The molecular formula is C14H11BrFN5O2. The zero-order chi connectivity index (χ0) is 16.4. The molecule has 0 saturated heterocycles. The molecule has 0 aliphatic heterocycles. The van der Waals surface area contributed by atoms with Crippen LogP contribution in [-0.4, -0.2) is 26.0 Å². The molecule has 118 valence electrons. The van der Waals surface area contributed by atoms with Gasteiger partial charge in [0.1, 0.15) is 11.5 Å². The molecule has 9 heteroatoms. The van der Waals surface area contributed by atoms with Gasteiger partial charge in [-0.15, -0.1) is 0 Å². The SMILES string of the molecule is Cc1nonc1C(=O)Nc1nn(Cc2ccccc2F)cc1Br. The Hall–Kier alpha value is -2.55. The van der Waals surface area contributed by atoms with Gasteiger partial charge in [0.2, 0.25) is 0 Å². The summed E-state index contributed by atoms with van der Waals surface area (Å²) in [5.41, 5.74) is 0.960. The molecule has 0 unspecified atom stereocenters. The van der Waals surface area contributed by atoms with Crippen LogP contribution in [0.1, 0.15) is 21.7 Å². The standard InChI is InChI=1S/C14H11BrFN5O2/c1-8-12(20-23-19-8)14(22)17-13-10(15)7-21(18-13)6-9-4-2-3-5-11(9)16/h2-5,7H,6H2,1H3,(H,17,18,22). The van der Waals surface area contributed by atoms with Gasteiger partial charge in [0.15, 0.2) is 11.5 Å². The Morgan fingerprint density at radius 1 is 1.39 bits per heavy atom. The summed E-state index contributed by atoms with van der Waals surface area (Å²) in [6.45, 7) is 1.85. The van der Waals surface area contributed by atoms with Crippen molar-refractivity contribution in [2.45, 2.75) is 13.5 Å². The highest BCUT2D eigenvalue weighted by atomic mass is 79.9. The van der Waals surface area contributed by atoms with Crippen LogP contribution < -0.4 is 5.32 Å². The minimum absolute atomic E-state index is 0.0838. The van der Waals surface area contributed by atoms with Gasteiger partial charge in [-0.3, -0.25) is 9.48 Å². The molecule has 3 rings (SSSR count). The highest BCUT2D eigenvalue weighted by molar-refractivity contribution is 9.10. The van der Waals surface area contributed by atoms with Crippen LogP contribution in [0.25, 0.3) is 0 Å². The number of aryl methyl sites for hydroxylation is 1. The molecule has 1 N–H and O–H groups in total. The van der Waals surface area contributed by atoms with Crippen molar-refractivity contribution in [3.63, 3.8) is 0 Å². The Balaban J connectivity index is 1.78. The third-order valence-electron chi connectivity index (χ3n) is 3.11. The summed E-state index contributed by atoms with van der Waals surface area (Å²) in [6, 6.07) is 6.43. The van der Waals surface area contributed by atoms with E-state index >= 15 is 0 Å². The maximum absolute atomic E-state index is 13.7. The molecular weight excluding hydrogens is 369 g/mol. The molecule has 7 nitrogen and oxygen atoms in total. The van der Waals surface area contributed by atoms with Crippen LogP contribution in [0.5, 0.6) is 0 Å². The number of benzene rings is 1. The smallest absolute Gasteiger partial charge is 0.281 e. The largest absolute Gasteiger partial charge is 0.303 e.